The van der Waals surface area contributed by atoms with Crippen molar-refractivity contribution in [2.45, 2.75) is 0 Å². The maximum absolute atomic E-state index is 5.06. The monoisotopic (exact) mass is 179 g/mol. The molecule has 0 bridgehead atoms. The number of rotatable bonds is 3. The third-order valence-electron chi connectivity index (χ3n) is 1.49. The highest BCUT2D eigenvalue weighted by Crippen LogP contribution is 2.12. The van der Waals surface area contributed by atoms with Crippen molar-refractivity contribution >= 4 is 17.8 Å². The number of nitrogens with zero attached hydrogens (tertiary/aromatic N) is 2. The van der Waals surface area contributed by atoms with Crippen LogP contribution < -0.4 is 10.6 Å². The summed E-state index contributed by atoms with van der Waals surface area (Å²) in [6.07, 6.45) is 1.58. The van der Waals surface area contributed by atoms with Crippen molar-refractivity contribution in [2.24, 2.45) is 0 Å². The first-order chi connectivity index (χ1) is 6.38. The molecule has 0 unspecified atom stereocenters. The van der Waals surface area contributed by atoms with Crippen LogP contribution in [0.4, 0.5) is 17.8 Å². The molecular formula is C7H9N5O. The Morgan fingerprint density at radius 1 is 1.38 bits per heavy atom. The van der Waals surface area contributed by atoms with Crippen molar-refractivity contribution in [3.8, 4) is 0 Å². The van der Waals surface area contributed by atoms with Gasteiger partial charge in [-0.2, -0.15) is 0 Å². The summed E-state index contributed by atoms with van der Waals surface area (Å²) >= 11 is 0. The third-order valence-corrected chi connectivity index (χ3v) is 1.49. The van der Waals surface area contributed by atoms with Crippen LogP contribution in [0.15, 0.2) is 22.8 Å². The summed E-state index contributed by atoms with van der Waals surface area (Å²) in [5.41, 5.74) is 0. The molecule has 0 saturated carbocycles. The number of H-pyrrole nitrogens is 1. The SMILES string of the molecule is CNc1nnc(Nc2ccco2)[nH]1. The van der Waals surface area contributed by atoms with E-state index in [-0.39, 0.29) is 0 Å². The summed E-state index contributed by atoms with van der Waals surface area (Å²) in [7, 11) is 1.76. The first-order valence-electron chi connectivity index (χ1n) is 3.79. The lowest BCUT2D eigenvalue weighted by atomic mass is 10.6. The molecular weight excluding hydrogens is 170 g/mol. The van der Waals surface area contributed by atoms with Gasteiger partial charge in [0.15, 0.2) is 5.88 Å². The normalized spacial score (nSPS) is 9.92. The number of furan rings is 1. The fourth-order valence-corrected chi connectivity index (χ4v) is 0.897. The van der Waals surface area contributed by atoms with Gasteiger partial charge in [-0.1, -0.05) is 0 Å². The van der Waals surface area contributed by atoms with Crippen LogP contribution in [0.2, 0.25) is 0 Å². The Morgan fingerprint density at radius 3 is 2.85 bits per heavy atom. The van der Waals surface area contributed by atoms with Crippen molar-refractivity contribution in [1.82, 2.24) is 15.2 Å². The predicted octanol–water partition coefficient (Wildman–Crippen LogP) is 1.18. The van der Waals surface area contributed by atoms with Gasteiger partial charge >= 0.3 is 0 Å². The van der Waals surface area contributed by atoms with Crippen molar-refractivity contribution < 1.29 is 4.42 Å². The van der Waals surface area contributed by atoms with E-state index in [4.69, 9.17) is 4.42 Å². The van der Waals surface area contributed by atoms with E-state index in [0.29, 0.717) is 17.8 Å². The third kappa shape index (κ3) is 1.61. The minimum atomic E-state index is 0.541. The van der Waals surface area contributed by atoms with Gasteiger partial charge in [-0.3, -0.25) is 10.3 Å². The quantitative estimate of drug-likeness (QED) is 0.659. The van der Waals surface area contributed by atoms with Crippen LogP contribution >= 0.6 is 0 Å². The molecule has 0 amide bonds. The highest BCUT2D eigenvalue weighted by atomic mass is 16.3. The Labute approximate surface area is 74.4 Å². The zero-order valence-electron chi connectivity index (χ0n) is 7.03. The van der Waals surface area contributed by atoms with Gasteiger partial charge in [0.1, 0.15) is 0 Å². The molecule has 6 nitrogen and oxygen atoms in total. The Hall–Kier alpha value is -1.98. The number of aromatic amines is 1. The zero-order valence-corrected chi connectivity index (χ0v) is 7.03. The fraction of sp³-hybridized carbons (Fsp3) is 0.143. The summed E-state index contributed by atoms with van der Waals surface area (Å²) in [6.45, 7) is 0. The summed E-state index contributed by atoms with van der Waals surface area (Å²) in [6, 6.07) is 3.58. The van der Waals surface area contributed by atoms with E-state index >= 15 is 0 Å². The molecule has 0 aliphatic carbocycles. The second-order valence-electron chi connectivity index (χ2n) is 2.37. The smallest absolute Gasteiger partial charge is 0.230 e. The largest absolute Gasteiger partial charge is 0.449 e. The molecule has 0 saturated heterocycles. The van der Waals surface area contributed by atoms with Crippen molar-refractivity contribution in [3.05, 3.63) is 18.4 Å². The number of hydrogen-bond acceptors (Lipinski definition) is 5. The highest BCUT2D eigenvalue weighted by molar-refractivity contribution is 5.46. The van der Waals surface area contributed by atoms with E-state index < -0.39 is 0 Å². The Morgan fingerprint density at radius 2 is 2.23 bits per heavy atom. The van der Waals surface area contributed by atoms with E-state index in [2.05, 4.69) is 25.8 Å². The number of aromatic nitrogens is 3. The van der Waals surface area contributed by atoms with Crippen LogP contribution in [0.3, 0.4) is 0 Å². The molecule has 68 valence electrons. The van der Waals surface area contributed by atoms with E-state index in [1.54, 1.807) is 25.4 Å². The molecule has 2 aromatic heterocycles. The average molecular weight is 179 g/mol. The van der Waals surface area contributed by atoms with E-state index in [1.807, 2.05) is 0 Å². The molecule has 0 radical (unpaired) electrons. The Balaban J connectivity index is 2.10. The first kappa shape index (κ1) is 7.66. The van der Waals surface area contributed by atoms with Gasteiger partial charge < -0.3 is 9.73 Å². The standard InChI is InChI=1S/C7H9N5O/c1-8-6-10-7(12-11-6)9-5-3-2-4-13-5/h2-4H,1H3,(H3,8,9,10,11,12). The van der Waals surface area contributed by atoms with Gasteiger partial charge in [0.25, 0.3) is 0 Å². The molecule has 2 heterocycles. The molecule has 0 aromatic carbocycles. The summed E-state index contributed by atoms with van der Waals surface area (Å²) in [5.74, 6) is 1.77. The zero-order chi connectivity index (χ0) is 9.10. The number of anilines is 3. The van der Waals surface area contributed by atoms with Crippen LogP contribution in [0.5, 0.6) is 0 Å². The topological polar surface area (TPSA) is 78.8 Å². The molecule has 2 rings (SSSR count). The molecule has 0 aliphatic heterocycles. The van der Waals surface area contributed by atoms with Crippen LogP contribution in [0.1, 0.15) is 0 Å². The lowest BCUT2D eigenvalue weighted by Crippen LogP contribution is -1.91. The van der Waals surface area contributed by atoms with Crippen LogP contribution in [-0.4, -0.2) is 22.2 Å². The van der Waals surface area contributed by atoms with Crippen molar-refractivity contribution in [3.63, 3.8) is 0 Å². The van der Waals surface area contributed by atoms with Crippen LogP contribution in [0, 0.1) is 0 Å². The van der Waals surface area contributed by atoms with Crippen LogP contribution in [-0.2, 0) is 0 Å². The number of nitrogens with one attached hydrogen (secondary N) is 3. The minimum absolute atomic E-state index is 0.541. The van der Waals surface area contributed by atoms with Gasteiger partial charge in [-0.25, -0.2) is 0 Å². The fourth-order valence-electron chi connectivity index (χ4n) is 0.897. The maximum Gasteiger partial charge on any atom is 0.230 e. The maximum atomic E-state index is 5.06. The lowest BCUT2D eigenvalue weighted by Gasteiger charge is -1.94. The van der Waals surface area contributed by atoms with E-state index in [9.17, 15) is 0 Å². The summed E-state index contributed by atoms with van der Waals surface area (Å²) < 4.78 is 5.06. The molecule has 0 fully saturated rings. The second kappa shape index (κ2) is 3.18. The van der Waals surface area contributed by atoms with Gasteiger partial charge in [-0.05, 0) is 6.07 Å². The summed E-state index contributed by atoms with van der Waals surface area (Å²) in [4.78, 5) is 2.90. The van der Waals surface area contributed by atoms with Gasteiger partial charge in [0.2, 0.25) is 11.9 Å². The van der Waals surface area contributed by atoms with Gasteiger partial charge in [0, 0.05) is 13.1 Å². The first-order valence-corrected chi connectivity index (χ1v) is 3.79. The predicted molar refractivity (Wildman–Crippen MR) is 47.9 cm³/mol. The van der Waals surface area contributed by atoms with Crippen molar-refractivity contribution in [1.29, 1.82) is 0 Å². The average Bonchev–Trinajstić information content (AvgIpc) is 2.76. The minimum Gasteiger partial charge on any atom is -0.449 e. The van der Waals surface area contributed by atoms with Gasteiger partial charge in [-0.15, -0.1) is 10.2 Å². The van der Waals surface area contributed by atoms with Gasteiger partial charge in [0.05, 0.1) is 6.26 Å². The molecule has 0 aliphatic rings. The Kier molecular flexibility index (Phi) is 1.87. The summed E-state index contributed by atoms with van der Waals surface area (Å²) in [5, 5.41) is 13.3. The molecule has 2 aromatic rings. The lowest BCUT2D eigenvalue weighted by molar-refractivity contribution is 0.584. The Bertz CT molecular complexity index is 366. The second-order valence-corrected chi connectivity index (χ2v) is 2.37. The van der Waals surface area contributed by atoms with E-state index in [1.165, 1.54) is 0 Å². The molecule has 3 N–H and O–H groups in total. The number of hydrogen-bond donors (Lipinski definition) is 3. The molecule has 0 spiro atoms. The molecule has 0 atom stereocenters. The van der Waals surface area contributed by atoms with Crippen LogP contribution in [0.25, 0.3) is 0 Å². The molecule has 6 heteroatoms. The highest BCUT2D eigenvalue weighted by Gasteiger charge is 2.01. The molecule has 13 heavy (non-hydrogen) atoms. The van der Waals surface area contributed by atoms with E-state index in [0.717, 1.165) is 0 Å². The van der Waals surface area contributed by atoms with Crippen molar-refractivity contribution in [2.75, 3.05) is 17.7 Å².